The molecule has 0 saturated heterocycles. The van der Waals surface area contributed by atoms with Gasteiger partial charge in [0.2, 0.25) is 5.91 Å². The van der Waals surface area contributed by atoms with Crippen LogP contribution in [0.25, 0.3) is 0 Å². The molecule has 0 spiro atoms. The molecule has 1 unspecified atom stereocenters. The first-order valence-corrected chi connectivity index (χ1v) is 7.79. The van der Waals surface area contributed by atoms with E-state index in [1.807, 2.05) is 19.1 Å². The van der Waals surface area contributed by atoms with Crippen LogP contribution in [0.15, 0.2) is 24.3 Å². The molecule has 1 aromatic rings. The van der Waals surface area contributed by atoms with Crippen molar-refractivity contribution in [2.75, 3.05) is 5.32 Å². The molecule has 1 amide bonds. The van der Waals surface area contributed by atoms with Gasteiger partial charge < -0.3 is 10.6 Å². The van der Waals surface area contributed by atoms with Gasteiger partial charge in [-0.15, -0.1) is 0 Å². The Morgan fingerprint density at radius 3 is 2.30 bits per heavy atom. The standard InChI is InChI=1S/C17H26N2O/c1-13-9-11-16(12-10-13)18-14(2)17(20)19-15-7-5-3-4-6-8-15/h9-12,14-15,18H,3-8H2,1-2H3,(H,19,20). The highest BCUT2D eigenvalue weighted by Gasteiger charge is 2.18. The monoisotopic (exact) mass is 274 g/mol. The summed E-state index contributed by atoms with van der Waals surface area (Å²) in [6.07, 6.45) is 7.36. The highest BCUT2D eigenvalue weighted by Crippen LogP contribution is 2.17. The van der Waals surface area contributed by atoms with E-state index in [0.29, 0.717) is 6.04 Å². The van der Waals surface area contributed by atoms with Crippen LogP contribution in [-0.2, 0) is 4.79 Å². The molecule has 110 valence electrons. The number of benzene rings is 1. The van der Waals surface area contributed by atoms with Crippen LogP contribution >= 0.6 is 0 Å². The zero-order chi connectivity index (χ0) is 14.4. The van der Waals surface area contributed by atoms with Crippen LogP contribution in [0, 0.1) is 6.92 Å². The largest absolute Gasteiger partial charge is 0.374 e. The lowest BCUT2D eigenvalue weighted by molar-refractivity contribution is -0.122. The van der Waals surface area contributed by atoms with E-state index in [2.05, 4.69) is 29.7 Å². The summed E-state index contributed by atoms with van der Waals surface area (Å²) in [5.74, 6) is 0.109. The minimum atomic E-state index is -0.194. The van der Waals surface area contributed by atoms with Gasteiger partial charge in [0.25, 0.3) is 0 Å². The Bertz CT molecular complexity index is 419. The fourth-order valence-electron chi connectivity index (χ4n) is 2.72. The van der Waals surface area contributed by atoms with Crippen LogP contribution < -0.4 is 10.6 Å². The van der Waals surface area contributed by atoms with Crippen molar-refractivity contribution in [2.24, 2.45) is 0 Å². The predicted octanol–water partition coefficient (Wildman–Crippen LogP) is 3.63. The molecule has 3 heteroatoms. The molecule has 1 atom stereocenters. The summed E-state index contributed by atoms with van der Waals surface area (Å²) in [6, 6.07) is 8.32. The Hall–Kier alpha value is -1.51. The van der Waals surface area contributed by atoms with Gasteiger partial charge in [0.15, 0.2) is 0 Å². The minimum absolute atomic E-state index is 0.109. The average molecular weight is 274 g/mol. The van der Waals surface area contributed by atoms with Crippen molar-refractivity contribution in [1.82, 2.24) is 5.32 Å². The molecule has 0 aromatic heterocycles. The highest BCUT2D eigenvalue weighted by atomic mass is 16.2. The van der Waals surface area contributed by atoms with E-state index in [1.165, 1.54) is 31.2 Å². The van der Waals surface area contributed by atoms with Gasteiger partial charge in [-0.2, -0.15) is 0 Å². The van der Waals surface area contributed by atoms with Crippen molar-refractivity contribution in [2.45, 2.75) is 64.5 Å². The Morgan fingerprint density at radius 1 is 1.10 bits per heavy atom. The quantitative estimate of drug-likeness (QED) is 0.823. The van der Waals surface area contributed by atoms with Crippen LogP contribution in [0.4, 0.5) is 5.69 Å². The fourth-order valence-corrected chi connectivity index (χ4v) is 2.72. The summed E-state index contributed by atoms with van der Waals surface area (Å²) >= 11 is 0. The third-order valence-corrected chi connectivity index (χ3v) is 4.03. The molecule has 3 nitrogen and oxygen atoms in total. The summed E-state index contributed by atoms with van der Waals surface area (Å²) in [4.78, 5) is 12.2. The van der Waals surface area contributed by atoms with Crippen molar-refractivity contribution in [3.8, 4) is 0 Å². The molecule has 0 aliphatic heterocycles. The first kappa shape index (κ1) is 14.9. The summed E-state index contributed by atoms with van der Waals surface area (Å²) in [5, 5.41) is 6.45. The van der Waals surface area contributed by atoms with E-state index in [9.17, 15) is 4.79 Å². The molecule has 20 heavy (non-hydrogen) atoms. The van der Waals surface area contributed by atoms with Crippen molar-refractivity contribution >= 4 is 11.6 Å². The Kier molecular flexibility index (Phi) is 5.45. The summed E-state index contributed by atoms with van der Waals surface area (Å²) in [6.45, 7) is 3.98. The number of amides is 1. The van der Waals surface area contributed by atoms with Gasteiger partial charge in [0.05, 0.1) is 0 Å². The Balaban J connectivity index is 1.83. The topological polar surface area (TPSA) is 41.1 Å². The van der Waals surface area contributed by atoms with E-state index in [0.717, 1.165) is 18.5 Å². The van der Waals surface area contributed by atoms with Crippen LogP contribution in [0.3, 0.4) is 0 Å². The molecule has 1 fully saturated rings. The van der Waals surface area contributed by atoms with E-state index in [4.69, 9.17) is 0 Å². The van der Waals surface area contributed by atoms with Gasteiger partial charge >= 0.3 is 0 Å². The van der Waals surface area contributed by atoms with Crippen molar-refractivity contribution in [1.29, 1.82) is 0 Å². The van der Waals surface area contributed by atoms with E-state index >= 15 is 0 Å². The molecule has 2 N–H and O–H groups in total. The van der Waals surface area contributed by atoms with E-state index < -0.39 is 0 Å². The normalized spacial score (nSPS) is 18.1. The number of carbonyl (C=O) groups excluding carboxylic acids is 1. The molecule has 0 radical (unpaired) electrons. The first-order chi connectivity index (χ1) is 9.65. The second-order valence-corrected chi connectivity index (χ2v) is 5.93. The molecule has 0 bridgehead atoms. The molecule has 1 aromatic carbocycles. The maximum absolute atomic E-state index is 12.2. The number of rotatable bonds is 4. The number of anilines is 1. The third-order valence-electron chi connectivity index (χ3n) is 4.03. The lowest BCUT2D eigenvalue weighted by Crippen LogP contribution is -2.43. The zero-order valence-corrected chi connectivity index (χ0v) is 12.6. The maximum Gasteiger partial charge on any atom is 0.242 e. The molecule has 0 heterocycles. The predicted molar refractivity (Wildman–Crippen MR) is 83.9 cm³/mol. The number of carbonyl (C=O) groups is 1. The highest BCUT2D eigenvalue weighted by molar-refractivity contribution is 5.84. The van der Waals surface area contributed by atoms with Crippen molar-refractivity contribution < 1.29 is 4.79 Å². The number of hydrogen-bond acceptors (Lipinski definition) is 2. The molecular formula is C17H26N2O. The SMILES string of the molecule is Cc1ccc(NC(C)C(=O)NC2CCCCCC2)cc1. The van der Waals surface area contributed by atoms with Gasteiger partial charge in [-0.25, -0.2) is 0 Å². The van der Waals surface area contributed by atoms with Crippen molar-refractivity contribution in [3.63, 3.8) is 0 Å². The van der Waals surface area contributed by atoms with Gasteiger partial charge in [0.1, 0.15) is 6.04 Å². The van der Waals surface area contributed by atoms with Crippen molar-refractivity contribution in [3.05, 3.63) is 29.8 Å². The van der Waals surface area contributed by atoms with Gasteiger partial charge in [-0.3, -0.25) is 4.79 Å². The number of aryl methyl sites for hydroxylation is 1. The summed E-state index contributed by atoms with van der Waals surface area (Å²) in [7, 11) is 0. The molecular weight excluding hydrogens is 248 g/mol. The minimum Gasteiger partial charge on any atom is -0.374 e. The molecule has 1 aliphatic rings. The molecule has 1 saturated carbocycles. The van der Waals surface area contributed by atoms with Crippen LogP contribution in [-0.4, -0.2) is 18.0 Å². The third kappa shape index (κ3) is 4.55. The zero-order valence-electron chi connectivity index (χ0n) is 12.6. The van der Waals surface area contributed by atoms with E-state index in [1.54, 1.807) is 0 Å². The smallest absolute Gasteiger partial charge is 0.242 e. The number of hydrogen-bond donors (Lipinski definition) is 2. The first-order valence-electron chi connectivity index (χ1n) is 7.79. The summed E-state index contributed by atoms with van der Waals surface area (Å²) < 4.78 is 0. The second kappa shape index (κ2) is 7.32. The fraction of sp³-hybridized carbons (Fsp3) is 0.588. The Morgan fingerprint density at radius 2 is 1.70 bits per heavy atom. The van der Waals surface area contributed by atoms with Crippen LogP contribution in [0.5, 0.6) is 0 Å². The average Bonchev–Trinajstić information content (AvgIpc) is 2.70. The lowest BCUT2D eigenvalue weighted by atomic mass is 10.1. The van der Waals surface area contributed by atoms with E-state index in [-0.39, 0.29) is 11.9 Å². The molecule has 2 rings (SSSR count). The molecule has 1 aliphatic carbocycles. The van der Waals surface area contributed by atoms with Gasteiger partial charge in [-0.05, 0) is 38.8 Å². The van der Waals surface area contributed by atoms with Gasteiger partial charge in [0, 0.05) is 11.7 Å². The van der Waals surface area contributed by atoms with Crippen LogP contribution in [0.1, 0.15) is 51.0 Å². The van der Waals surface area contributed by atoms with Gasteiger partial charge in [-0.1, -0.05) is 43.4 Å². The number of nitrogens with one attached hydrogen (secondary N) is 2. The Labute approximate surface area is 122 Å². The second-order valence-electron chi connectivity index (χ2n) is 5.93. The summed E-state index contributed by atoms with van der Waals surface area (Å²) in [5.41, 5.74) is 2.23. The lowest BCUT2D eigenvalue weighted by Gasteiger charge is -2.20. The van der Waals surface area contributed by atoms with Crippen LogP contribution in [0.2, 0.25) is 0 Å². The maximum atomic E-state index is 12.2.